The highest BCUT2D eigenvalue weighted by Gasteiger charge is 2.02. The van der Waals surface area contributed by atoms with Crippen molar-refractivity contribution in [1.82, 2.24) is 0 Å². The zero-order chi connectivity index (χ0) is 11.4. The summed E-state index contributed by atoms with van der Waals surface area (Å²) in [6.45, 7) is 2.26. The van der Waals surface area contributed by atoms with Gasteiger partial charge in [0.2, 0.25) is 0 Å². The molecule has 0 saturated carbocycles. The van der Waals surface area contributed by atoms with Crippen LogP contribution in [0, 0.1) is 5.92 Å². The third-order valence-corrected chi connectivity index (χ3v) is 3.35. The second-order valence-corrected chi connectivity index (χ2v) is 4.81. The highest BCUT2D eigenvalue weighted by molar-refractivity contribution is 7.79. The molecule has 0 amide bonds. The summed E-state index contributed by atoms with van der Waals surface area (Å²) in [7, 11) is 0. The van der Waals surface area contributed by atoms with E-state index in [1.807, 2.05) is 10.7 Å². The van der Waals surface area contributed by atoms with E-state index in [9.17, 15) is 0 Å². The largest absolute Gasteiger partial charge is 0.0935 e. The van der Waals surface area contributed by atoms with E-state index < -0.39 is 0 Å². The van der Waals surface area contributed by atoms with E-state index in [-0.39, 0.29) is 0 Å². The highest BCUT2D eigenvalue weighted by Crippen LogP contribution is 2.13. The lowest BCUT2D eigenvalue weighted by Crippen LogP contribution is -2.00. The van der Waals surface area contributed by atoms with Gasteiger partial charge in [-0.2, -0.15) is 0 Å². The molecule has 88 valence electrons. The van der Waals surface area contributed by atoms with Gasteiger partial charge in [0, 0.05) is 0 Å². The van der Waals surface area contributed by atoms with Gasteiger partial charge < -0.3 is 0 Å². The topological polar surface area (TPSA) is 0 Å². The van der Waals surface area contributed by atoms with Crippen molar-refractivity contribution in [3.8, 4) is 0 Å². The van der Waals surface area contributed by atoms with Gasteiger partial charge in [0.1, 0.15) is 0 Å². The number of hydrogen-bond donors (Lipinski definition) is 0. The van der Waals surface area contributed by atoms with Crippen molar-refractivity contribution in [3.63, 3.8) is 0 Å². The molecule has 0 heterocycles. The molecule has 0 aromatic rings. The van der Waals surface area contributed by atoms with E-state index in [2.05, 4.69) is 6.92 Å². The molecule has 0 rings (SSSR count). The van der Waals surface area contributed by atoms with Crippen LogP contribution in [0.25, 0.3) is 0 Å². The summed E-state index contributed by atoms with van der Waals surface area (Å²) >= 11 is 9.84. The Kier molecular flexibility index (Phi) is 12.4. The molecule has 0 aromatic carbocycles. The third-order valence-electron chi connectivity index (χ3n) is 2.77. The molecule has 2 heteroatoms. The van der Waals surface area contributed by atoms with Crippen LogP contribution >= 0.6 is 24.4 Å². The van der Waals surface area contributed by atoms with Gasteiger partial charge in [0.25, 0.3) is 0 Å². The van der Waals surface area contributed by atoms with Crippen LogP contribution in [0.2, 0.25) is 0 Å². The van der Waals surface area contributed by atoms with Gasteiger partial charge in [0.05, 0.1) is 0 Å². The van der Waals surface area contributed by atoms with E-state index in [4.69, 9.17) is 24.4 Å². The zero-order valence-electron chi connectivity index (χ0n) is 9.91. The first kappa shape index (κ1) is 15.2. The van der Waals surface area contributed by atoms with Crippen LogP contribution in [0.4, 0.5) is 0 Å². The maximum Gasteiger partial charge on any atom is -0.00858 e. The Hall–Kier alpha value is 0.180. The lowest BCUT2D eigenvalue weighted by atomic mass is 9.99. The predicted octanol–water partition coefficient (Wildman–Crippen LogP) is 5.13. The average Bonchev–Trinajstić information content (AvgIpc) is 2.26. The summed E-state index contributed by atoms with van der Waals surface area (Å²) < 4.78 is 0. The van der Waals surface area contributed by atoms with Crippen LogP contribution in [0.1, 0.15) is 64.7 Å². The summed E-state index contributed by atoms with van der Waals surface area (Å²) in [4.78, 5) is 0. The van der Waals surface area contributed by atoms with Crippen LogP contribution < -0.4 is 0 Å². The molecule has 0 aliphatic rings. The molecule has 0 saturated heterocycles. The monoisotopic (exact) mass is 244 g/mol. The average molecular weight is 244 g/mol. The van der Waals surface area contributed by atoms with E-state index >= 15 is 0 Å². The normalized spacial score (nSPS) is 12.3. The maximum atomic E-state index is 4.98. The van der Waals surface area contributed by atoms with E-state index in [0.29, 0.717) is 5.92 Å². The van der Waals surface area contributed by atoms with Gasteiger partial charge in [-0.15, -0.1) is 0 Å². The van der Waals surface area contributed by atoms with Gasteiger partial charge in [-0.3, -0.25) is 0 Å². The summed E-state index contributed by atoms with van der Waals surface area (Å²) in [6, 6.07) is 0. The molecule has 0 aliphatic carbocycles. The fourth-order valence-corrected chi connectivity index (χ4v) is 2.22. The van der Waals surface area contributed by atoms with Gasteiger partial charge in [-0.05, 0) is 29.5 Å². The molecule has 1 atom stereocenters. The fourth-order valence-electron chi connectivity index (χ4n) is 1.73. The van der Waals surface area contributed by atoms with Crippen molar-refractivity contribution < 1.29 is 0 Å². The number of hydrogen-bond acceptors (Lipinski definition) is 2. The van der Waals surface area contributed by atoms with Gasteiger partial charge in [-0.1, -0.05) is 76.3 Å². The van der Waals surface area contributed by atoms with Crippen molar-refractivity contribution in [1.29, 1.82) is 0 Å². The van der Waals surface area contributed by atoms with Crippen molar-refractivity contribution in [2.45, 2.75) is 64.7 Å². The predicted molar refractivity (Wildman–Crippen MR) is 78.0 cm³/mol. The molecular formula is C13H24S2. The summed E-state index contributed by atoms with van der Waals surface area (Å²) in [5, 5.41) is 3.70. The molecule has 15 heavy (non-hydrogen) atoms. The Morgan fingerprint density at radius 3 is 2.07 bits per heavy atom. The van der Waals surface area contributed by atoms with Crippen LogP contribution in [-0.2, 0) is 0 Å². The Balaban J connectivity index is 3.21. The van der Waals surface area contributed by atoms with Gasteiger partial charge >= 0.3 is 0 Å². The minimum absolute atomic E-state index is 0.549. The van der Waals surface area contributed by atoms with Crippen LogP contribution in [0.5, 0.6) is 0 Å². The summed E-state index contributed by atoms with van der Waals surface area (Å²) in [6.07, 6.45) is 11.8. The van der Waals surface area contributed by atoms with Crippen molar-refractivity contribution in [2.24, 2.45) is 5.92 Å². The molecule has 0 aromatic heterocycles. The first-order chi connectivity index (χ1) is 7.35. The maximum absolute atomic E-state index is 4.98. The van der Waals surface area contributed by atoms with Crippen LogP contribution in [-0.4, -0.2) is 10.7 Å². The first-order valence-electron chi connectivity index (χ1n) is 6.24. The Bertz CT molecular complexity index is 155. The Labute approximate surface area is 106 Å². The number of unbranched alkanes of at least 4 members (excludes halogenated alkanes) is 6. The SMILES string of the molecule is CCCCCCCCCC(C=S)CC=S. The van der Waals surface area contributed by atoms with Gasteiger partial charge in [0.15, 0.2) is 0 Å². The van der Waals surface area contributed by atoms with E-state index in [1.165, 1.54) is 51.4 Å². The van der Waals surface area contributed by atoms with E-state index in [0.717, 1.165) is 6.42 Å². The van der Waals surface area contributed by atoms with Crippen molar-refractivity contribution in [2.75, 3.05) is 0 Å². The van der Waals surface area contributed by atoms with Gasteiger partial charge in [-0.25, -0.2) is 0 Å². The fraction of sp³-hybridized carbons (Fsp3) is 0.846. The molecule has 0 aliphatic heterocycles. The molecule has 0 nitrogen and oxygen atoms in total. The smallest absolute Gasteiger partial charge is 0.00858 e. The quantitative estimate of drug-likeness (QED) is 0.365. The Morgan fingerprint density at radius 2 is 1.53 bits per heavy atom. The third kappa shape index (κ3) is 10.5. The summed E-state index contributed by atoms with van der Waals surface area (Å²) in [5.41, 5.74) is 0. The molecule has 0 N–H and O–H groups in total. The molecule has 0 bridgehead atoms. The molecule has 1 unspecified atom stereocenters. The second kappa shape index (κ2) is 12.3. The molecule has 0 fully saturated rings. The second-order valence-electron chi connectivity index (χ2n) is 4.21. The Morgan fingerprint density at radius 1 is 0.933 bits per heavy atom. The zero-order valence-corrected chi connectivity index (χ0v) is 11.5. The van der Waals surface area contributed by atoms with Crippen LogP contribution in [0.15, 0.2) is 0 Å². The number of thiocarbonyl (C=S) groups is 2. The highest BCUT2D eigenvalue weighted by atomic mass is 32.1. The minimum Gasteiger partial charge on any atom is -0.0935 e. The molecule has 0 spiro atoms. The standard InChI is InChI=1S/C13H24S2/c1-2-3-4-5-6-7-8-9-13(12-15)10-11-14/h11-13H,2-10H2,1H3. The molecule has 0 radical (unpaired) electrons. The minimum atomic E-state index is 0.549. The van der Waals surface area contributed by atoms with Crippen molar-refractivity contribution in [3.05, 3.63) is 0 Å². The van der Waals surface area contributed by atoms with Crippen molar-refractivity contribution >= 4 is 35.2 Å². The van der Waals surface area contributed by atoms with E-state index in [1.54, 1.807) is 0 Å². The summed E-state index contributed by atoms with van der Waals surface area (Å²) in [5.74, 6) is 0.549. The molecular weight excluding hydrogens is 220 g/mol. The first-order valence-corrected chi connectivity index (χ1v) is 7.18. The van der Waals surface area contributed by atoms with Crippen LogP contribution in [0.3, 0.4) is 0 Å². The number of rotatable bonds is 11. The lowest BCUT2D eigenvalue weighted by molar-refractivity contribution is 0.546. The lowest BCUT2D eigenvalue weighted by Gasteiger charge is -2.07.